The van der Waals surface area contributed by atoms with Crippen molar-refractivity contribution >= 4 is 16.9 Å². The van der Waals surface area contributed by atoms with Gasteiger partial charge in [-0.1, -0.05) is 12.1 Å². The Labute approximate surface area is 165 Å². The number of carbonyl (C=O) groups is 1. The summed E-state index contributed by atoms with van der Waals surface area (Å²) in [5.41, 5.74) is 1.98. The van der Waals surface area contributed by atoms with E-state index in [1.807, 2.05) is 24.3 Å². The van der Waals surface area contributed by atoms with Crippen molar-refractivity contribution in [3.05, 3.63) is 72.0 Å². The fourth-order valence-electron chi connectivity index (χ4n) is 2.99. The summed E-state index contributed by atoms with van der Waals surface area (Å²) in [5, 5.41) is 2.83. The number of hydrogen-bond acceptors (Lipinski definition) is 4. The molecule has 0 aliphatic heterocycles. The van der Waals surface area contributed by atoms with Crippen molar-refractivity contribution in [1.29, 1.82) is 0 Å². The van der Waals surface area contributed by atoms with E-state index in [0.29, 0.717) is 18.9 Å². The molecule has 0 aliphatic carbocycles. The van der Waals surface area contributed by atoms with Crippen LogP contribution in [0.15, 0.2) is 53.1 Å². The summed E-state index contributed by atoms with van der Waals surface area (Å²) in [6, 6.07) is 11.0. The van der Waals surface area contributed by atoms with Crippen LogP contribution in [0.3, 0.4) is 0 Å². The SMILES string of the molecule is O=C(CCc1ncc(-c2ccc(F)cc2F)o1)NCCc1nc2ccccc2[nH]1. The molecule has 0 fully saturated rings. The Kier molecular flexibility index (Phi) is 5.33. The molecule has 0 aliphatic rings. The van der Waals surface area contributed by atoms with Gasteiger partial charge in [-0.3, -0.25) is 4.79 Å². The highest BCUT2D eigenvalue weighted by Gasteiger charge is 2.13. The number of benzene rings is 2. The number of imidazole rings is 1. The quantitative estimate of drug-likeness (QED) is 0.498. The van der Waals surface area contributed by atoms with Gasteiger partial charge in [-0.05, 0) is 24.3 Å². The van der Waals surface area contributed by atoms with Crippen LogP contribution in [0.2, 0.25) is 0 Å². The second-order valence-corrected chi connectivity index (χ2v) is 6.54. The molecular weight excluding hydrogens is 378 g/mol. The first-order chi connectivity index (χ1) is 14.1. The maximum atomic E-state index is 13.8. The number of H-pyrrole nitrogens is 1. The Morgan fingerprint density at radius 1 is 1.14 bits per heavy atom. The smallest absolute Gasteiger partial charge is 0.220 e. The van der Waals surface area contributed by atoms with Gasteiger partial charge in [0.1, 0.15) is 17.5 Å². The first kappa shape index (κ1) is 18.8. The van der Waals surface area contributed by atoms with Gasteiger partial charge in [-0.25, -0.2) is 18.7 Å². The minimum atomic E-state index is -0.726. The van der Waals surface area contributed by atoms with Gasteiger partial charge in [-0.15, -0.1) is 0 Å². The molecule has 0 saturated carbocycles. The van der Waals surface area contributed by atoms with Crippen LogP contribution in [0.1, 0.15) is 18.1 Å². The van der Waals surface area contributed by atoms with Crippen LogP contribution in [0, 0.1) is 11.6 Å². The van der Waals surface area contributed by atoms with Crippen LogP contribution in [0.5, 0.6) is 0 Å². The highest BCUT2D eigenvalue weighted by atomic mass is 19.1. The van der Waals surface area contributed by atoms with E-state index in [1.54, 1.807) is 0 Å². The molecule has 2 heterocycles. The fraction of sp³-hybridized carbons (Fsp3) is 0.190. The maximum Gasteiger partial charge on any atom is 0.220 e. The number of nitrogens with one attached hydrogen (secondary N) is 2. The van der Waals surface area contributed by atoms with Gasteiger partial charge in [-0.2, -0.15) is 0 Å². The van der Waals surface area contributed by atoms with E-state index in [4.69, 9.17) is 4.42 Å². The minimum absolute atomic E-state index is 0.125. The number of rotatable bonds is 7. The number of para-hydroxylation sites is 2. The Hall–Kier alpha value is -3.55. The molecule has 4 rings (SSSR count). The highest BCUT2D eigenvalue weighted by molar-refractivity contribution is 5.76. The number of carbonyl (C=O) groups excluding carboxylic acids is 1. The Balaban J connectivity index is 1.26. The zero-order valence-electron chi connectivity index (χ0n) is 15.4. The standard InChI is InChI=1S/C21H18F2N4O2/c22-13-5-6-14(15(23)11-13)18-12-25-21(29-18)8-7-20(28)24-10-9-19-26-16-3-1-2-4-17(16)27-19/h1-6,11-12H,7-10H2,(H,24,28)(H,26,27). The van der Waals surface area contributed by atoms with Crippen molar-refractivity contribution in [2.24, 2.45) is 0 Å². The summed E-state index contributed by atoms with van der Waals surface area (Å²) in [7, 11) is 0. The number of amides is 1. The zero-order valence-corrected chi connectivity index (χ0v) is 15.4. The summed E-state index contributed by atoms with van der Waals surface area (Å²) in [4.78, 5) is 23.8. The van der Waals surface area contributed by atoms with Crippen molar-refractivity contribution in [1.82, 2.24) is 20.3 Å². The molecule has 0 bridgehead atoms. The van der Waals surface area contributed by atoms with Crippen molar-refractivity contribution in [3.8, 4) is 11.3 Å². The third-order valence-corrected chi connectivity index (χ3v) is 4.44. The second-order valence-electron chi connectivity index (χ2n) is 6.54. The van der Waals surface area contributed by atoms with Crippen LogP contribution < -0.4 is 5.32 Å². The lowest BCUT2D eigenvalue weighted by atomic mass is 10.2. The average molecular weight is 396 g/mol. The van der Waals surface area contributed by atoms with Gasteiger partial charge in [0.05, 0.1) is 22.8 Å². The molecule has 0 saturated heterocycles. The van der Waals surface area contributed by atoms with Crippen molar-refractivity contribution in [3.63, 3.8) is 0 Å². The molecule has 2 aromatic heterocycles. The van der Waals surface area contributed by atoms with Crippen molar-refractivity contribution < 1.29 is 18.0 Å². The van der Waals surface area contributed by atoms with Crippen LogP contribution in [-0.2, 0) is 17.6 Å². The normalized spacial score (nSPS) is 11.1. The number of oxazole rings is 1. The Morgan fingerprint density at radius 2 is 2.00 bits per heavy atom. The second kappa shape index (κ2) is 8.22. The molecule has 2 N–H and O–H groups in total. The molecule has 148 valence electrons. The Bertz CT molecular complexity index is 1120. The largest absolute Gasteiger partial charge is 0.441 e. The van der Waals surface area contributed by atoms with Crippen LogP contribution in [0.25, 0.3) is 22.4 Å². The molecule has 8 heteroatoms. The molecule has 29 heavy (non-hydrogen) atoms. The number of fused-ring (bicyclic) bond motifs is 1. The number of nitrogens with zero attached hydrogens (tertiary/aromatic N) is 2. The van der Waals surface area contributed by atoms with Crippen LogP contribution >= 0.6 is 0 Å². The average Bonchev–Trinajstić information content (AvgIpc) is 3.33. The summed E-state index contributed by atoms with van der Waals surface area (Å²) in [5.74, 6) is -0.209. The van der Waals surface area contributed by atoms with E-state index < -0.39 is 11.6 Å². The van der Waals surface area contributed by atoms with Gasteiger partial charge in [0.15, 0.2) is 11.7 Å². The maximum absolute atomic E-state index is 13.8. The third-order valence-electron chi connectivity index (χ3n) is 4.44. The van der Waals surface area contributed by atoms with E-state index in [2.05, 4.69) is 20.3 Å². The van der Waals surface area contributed by atoms with Gasteiger partial charge < -0.3 is 14.7 Å². The van der Waals surface area contributed by atoms with E-state index in [1.165, 1.54) is 12.3 Å². The highest BCUT2D eigenvalue weighted by Crippen LogP contribution is 2.24. The lowest BCUT2D eigenvalue weighted by molar-refractivity contribution is -0.121. The van der Waals surface area contributed by atoms with E-state index in [0.717, 1.165) is 29.0 Å². The van der Waals surface area contributed by atoms with Crippen molar-refractivity contribution in [2.45, 2.75) is 19.3 Å². The minimum Gasteiger partial charge on any atom is -0.441 e. The number of hydrogen-bond donors (Lipinski definition) is 2. The number of aromatic amines is 1. The predicted molar refractivity (Wildman–Crippen MR) is 103 cm³/mol. The molecule has 4 aromatic rings. The zero-order chi connectivity index (χ0) is 20.2. The summed E-state index contributed by atoms with van der Waals surface area (Å²) >= 11 is 0. The lowest BCUT2D eigenvalue weighted by Crippen LogP contribution is -2.26. The molecule has 0 unspecified atom stereocenters. The van der Waals surface area contributed by atoms with Gasteiger partial charge in [0, 0.05) is 31.9 Å². The van der Waals surface area contributed by atoms with E-state index in [-0.39, 0.29) is 30.1 Å². The molecule has 6 nitrogen and oxygen atoms in total. The number of aromatic nitrogens is 3. The van der Waals surface area contributed by atoms with Gasteiger partial charge in [0.2, 0.25) is 5.91 Å². The summed E-state index contributed by atoms with van der Waals surface area (Å²) < 4.78 is 32.3. The van der Waals surface area contributed by atoms with Crippen molar-refractivity contribution in [2.75, 3.05) is 6.54 Å². The van der Waals surface area contributed by atoms with E-state index >= 15 is 0 Å². The van der Waals surface area contributed by atoms with Crippen LogP contribution in [0.4, 0.5) is 8.78 Å². The Morgan fingerprint density at radius 3 is 2.83 bits per heavy atom. The monoisotopic (exact) mass is 396 g/mol. The summed E-state index contributed by atoms with van der Waals surface area (Å²) in [6.45, 7) is 0.455. The molecule has 0 spiro atoms. The molecule has 1 amide bonds. The first-order valence-corrected chi connectivity index (χ1v) is 9.19. The topological polar surface area (TPSA) is 83.8 Å². The fourth-order valence-corrected chi connectivity index (χ4v) is 2.99. The molecule has 2 aromatic carbocycles. The molecule has 0 radical (unpaired) electrons. The predicted octanol–water partition coefficient (Wildman–Crippen LogP) is 3.79. The van der Waals surface area contributed by atoms with E-state index in [9.17, 15) is 13.6 Å². The van der Waals surface area contributed by atoms with Crippen LogP contribution in [-0.4, -0.2) is 27.4 Å². The van der Waals surface area contributed by atoms with Gasteiger partial charge >= 0.3 is 0 Å². The summed E-state index contributed by atoms with van der Waals surface area (Å²) in [6.07, 6.45) is 2.42. The van der Waals surface area contributed by atoms with Gasteiger partial charge in [0.25, 0.3) is 0 Å². The first-order valence-electron chi connectivity index (χ1n) is 9.19. The molecule has 0 atom stereocenters. The lowest BCUT2D eigenvalue weighted by Gasteiger charge is -2.03. The third kappa shape index (κ3) is 4.48. The number of aryl methyl sites for hydroxylation is 1. The molecular formula is C21H18F2N4O2. The number of halogens is 2.